The van der Waals surface area contributed by atoms with Crippen LogP contribution in [0.1, 0.15) is 51.0 Å². The van der Waals surface area contributed by atoms with E-state index < -0.39 is 29.0 Å². The maximum Gasteiger partial charge on any atom is 0.417 e. The predicted molar refractivity (Wildman–Crippen MR) is 188 cm³/mol. The SMILES string of the molecule is Cc1ccc(-c2nc(-c3ccc(C(F)(F)F)cc3C(F)(F)F)n(Cc3ccc(C(=O)CCCOCCOCCN)cc3)c2-c2ccc(C)cc2)cc1. The van der Waals surface area contributed by atoms with Crippen LogP contribution in [0, 0.1) is 13.8 Å². The first-order chi connectivity index (χ1) is 24.8. The van der Waals surface area contributed by atoms with Crippen molar-refractivity contribution in [2.24, 2.45) is 5.73 Å². The lowest BCUT2D eigenvalue weighted by molar-refractivity contribution is -0.142. The number of aryl methyl sites for hydroxylation is 2. The molecule has 5 aromatic rings. The van der Waals surface area contributed by atoms with Crippen molar-refractivity contribution in [3.05, 3.63) is 124 Å². The van der Waals surface area contributed by atoms with Crippen molar-refractivity contribution in [1.82, 2.24) is 9.55 Å². The highest BCUT2D eigenvalue weighted by Crippen LogP contribution is 2.44. The van der Waals surface area contributed by atoms with Crippen LogP contribution in [0.2, 0.25) is 0 Å². The number of aromatic nitrogens is 2. The number of hydrogen-bond donors (Lipinski definition) is 1. The Bertz CT molecular complexity index is 1950. The number of Topliss-reactive ketones (excluding diaryl/α,β-unsaturated/α-hetero) is 1. The van der Waals surface area contributed by atoms with E-state index in [1.165, 1.54) is 0 Å². The van der Waals surface area contributed by atoms with Crippen LogP contribution in [0.5, 0.6) is 0 Å². The summed E-state index contributed by atoms with van der Waals surface area (Å²) in [6.07, 6.45) is -9.35. The van der Waals surface area contributed by atoms with Crippen LogP contribution in [0.15, 0.2) is 91.0 Å². The molecule has 6 nitrogen and oxygen atoms in total. The average Bonchev–Trinajstić information content (AvgIpc) is 3.47. The van der Waals surface area contributed by atoms with Crippen molar-refractivity contribution >= 4 is 5.78 Å². The molecule has 52 heavy (non-hydrogen) atoms. The second-order valence-electron chi connectivity index (χ2n) is 12.4. The third kappa shape index (κ3) is 9.55. The summed E-state index contributed by atoms with van der Waals surface area (Å²) in [4.78, 5) is 17.7. The molecule has 12 heteroatoms. The van der Waals surface area contributed by atoms with Gasteiger partial charge in [-0.2, -0.15) is 26.3 Å². The Morgan fingerprint density at radius 3 is 1.90 bits per heavy atom. The zero-order chi connectivity index (χ0) is 37.5. The van der Waals surface area contributed by atoms with E-state index in [0.717, 1.165) is 17.2 Å². The molecule has 4 aromatic carbocycles. The number of halogens is 6. The molecule has 1 heterocycles. The third-order valence-corrected chi connectivity index (χ3v) is 8.45. The number of imidazole rings is 1. The maximum absolute atomic E-state index is 14.6. The van der Waals surface area contributed by atoms with Gasteiger partial charge in [0.25, 0.3) is 0 Å². The fourth-order valence-corrected chi connectivity index (χ4v) is 5.74. The molecule has 0 saturated heterocycles. The van der Waals surface area contributed by atoms with Gasteiger partial charge < -0.3 is 19.8 Å². The van der Waals surface area contributed by atoms with Crippen molar-refractivity contribution in [2.45, 2.75) is 45.6 Å². The summed E-state index contributed by atoms with van der Waals surface area (Å²) in [5.74, 6) is -0.250. The quantitative estimate of drug-likeness (QED) is 0.0662. The van der Waals surface area contributed by atoms with E-state index in [-0.39, 0.29) is 30.6 Å². The minimum Gasteiger partial charge on any atom is -0.379 e. The van der Waals surface area contributed by atoms with E-state index >= 15 is 0 Å². The molecule has 0 aliphatic carbocycles. The van der Waals surface area contributed by atoms with Gasteiger partial charge in [0.05, 0.1) is 42.3 Å². The highest BCUT2D eigenvalue weighted by atomic mass is 19.4. The van der Waals surface area contributed by atoms with Gasteiger partial charge in [-0.25, -0.2) is 4.98 Å². The molecule has 0 radical (unpaired) electrons. The molecule has 0 saturated carbocycles. The monoisotopic (exact) mass is 723 g/mol. The first-order valence-corrected chi connectivity index (χ1v) is 16.8. The molecular formula is C40H39F6N3O3. The maximum atomic E-state index is 14.6. The highest BCUT2D eigenvalue weighted by molar-refractivity contribution is 5.96. The van der Waals surface area contributed by atoms with E-state index in [9.17, 15) is 31.1 Å². The number of hydrogen-bond acceptors (Lipinski definition) is 5. The van der Waals surface area contributed by atoms with Crippen molar-refractivity contribution in [2.75, 3.05) is 33.0 Å². The Labute approximate surface area is 298 Å². The minimum atomic E-state index is -5.12. The van der Waals surface area contributed by atoms with Gasteiger partial charge >= 0.3 is 12.4 Å². The lowest BCUT2D eigenvalue weighted by Gasteiger charge is -2.18. The van der Waals surface area contributed by atoms with Crippen LogP contribution in [0.3, 0.4) is 0 Å². The lowest BCUT2D eigenvalue weighted by Crippen LogP contribution is -2.14. The van der Waals surface area contributed by atoms with Gasteiger partial charge in [-0.05, 0) is 38.0 Å². The standard InChI is InChI=1S/C40H39F6N3O3/c1-26-5-11-30(12-6-26)36-37(31-13-7-27(2)8-14-31)49(38(48-36)33-18-17-32(39(41,42)43)24-34(33)40(44,45)46)25-28-9-15-29(16-10-28)35(50)4-3-20-51-22-23-52-21-19-47/h5-18,24H,3-4,19-23,25,47H2,1-2H3. The second-order valence-corrected chi connectivity index (χ2v) is 12.4. The fraction of sp³-hybridized carbons (Fsp3) is 0.300. The molecule has 0 fully saturated rings. The van der Waals surface area contributed by atoms with Crippen molar-refractivity contribution in [3.8, 4) is 33.9 Å². The Morgan fingerprint density at radius 2 is 1.33 bits per heavy atom. The van der Waals surface area contributed by atoms with E-state index in [4.69, 9.17) is 20.2 Å². The number of carbonyl (C=O) groups excluding carboxylic acids is 1. The summed E-state index contributed by atoms with van der Waals surface area (Å²) in [6, 6.07) is 23.1. The minimum absolute atomic E-state index is 0.00423. The molecule has 0 aliphatic heterocycles. The number of nitrogens with two attached hydrogens (primary N) is 1. The first kappa shape index (κ1) is 38.5. The molecule has 0 atom stereocenters. The van der Waals surface area contributed by atoms with Crippen LogP contribution >= 0.6 is 0 Å². The van der Waals surface area contributed by atoms with Crippen molar-refractivity contribution in [1.29, 1.82) is 0 Å². The topological polar surface area (TPSA) is 79.4 Å². The van der Waals surface area contributed by atoms with Crippen LogP contribution in [-0.4, -0.2) is 48.3 Å². The Balaban J connectivity index is 1.56. The number of ketones is 1. The third-order valence-electron chi connectivity index (χ3n) is 8.45. The van der Waals surface area contributed by atoms with Gasteiger partial charge in [0.2, 0.25) is 0 Å². The lowest BCUT2D eigenvalue weighted by atomic mass is 10.0. The van der Waals surface area contributed by atoms with Gasteiger partial charge in [0, 0.05) is 48.4 Å². The van der Waals surface area contributed by atoms with Gasteiger partial charge in [-0.15, -0.1) is 0 Å². The van der Waals surface area contributed by atoms with Gasteiger partial charge in [0.1, 0.15) is 5.82 Å². The molecule has 0 spiro atoms. The molecule has 0 amide bonds. The Hall–Kier alpha value is -4.78. The van der Waals surface area contributed by atoms with Gasteiger partial charge in [0.15, 0.2) is 5.78 Å². The van der Waals surface area contributed by atoms with E-state index in [0.29, 0.717) is 79.1 Å². The largest absolute Gasteiger partial charge is 0.417 e. The first-order valence-electron chi connectivity index (χ1n) is 16.8. The molecule has 0 unspecified atom stereocenters. The van der Waals surface area contributed by atoms with E-state index in [1.807, 2.05) is 62.4 Å². The van der Waals surface area contributed by atoms with Crippen LogP contribution in [0.25, 0.3) is 33.9 Å². The van der Waals surface area contributed by atoms with Crippen LogP contribution in [0.4, 0.5) is 26.3 Å². The second kappa shape index (κ2) is 16.7. The summed E-state index contributed by atoms with van der Waals surface area (Å²) < 4.78 is 97.0. The number of ether oxygens (including phenoxy) is 2. The van der Waals surface area contributed by atoms with Gasteiger partial charge in [-0.1, -0.05) is 90.0 Å². The number of rotatable bonds is 15. The number of carbonyl (C=O) groups is 1. The molecule has 5 rings (SSSR count). The Kier molecular flexibility index (Phi) is 12.4. The van der Waals surface area contributed by atoms with Crippen LogP contribution in [-0.2, 0) is 28.4 Å². The van der Waals surface area contributed by atoms with Crippen LogP contribution < -0.4 is 5.73 Å². The number of nitrogens with zero attached hydrogens (tertiary/aromatic N) is 2. The summed E-state index contributed by atoms with van der Waals surface area (Å²) in [6.45, 7) is 5.88. The smallest absolute Gasteiger partial charge is 0.379 e. The fourth-order valence-electron chi connectivity index (χ4n) is 5.74. The zero-order valence-corrected chi connectivity index (χ0v) is 28.8. The summed E-state index contributed by atoms with van der Waals surface area (Å²) in [7, 11) is 0. The number of alkyl halides is 6. The zero-order valence-electron chi connectivity index (χ0n) is 28.8. The molecule has 1 aromatic heterocycles. The summed E-state index contributed by atoms with van der Waals surface area (Å²) in [5, 5.41) is 0. The molecule has 274 valence electrons. The molecular weight excluding hydrogens is 684 g/mol. The van der Waals surface area contributed by atoms with E-state index in [1.54, 1.807) is 28.8 Å². The average molecular weight is 724 g/mol. The molecule has 2 N–H and O–H groups in total. The molecule has 0 bridgehead atoms. The van der Waals surface area contributed by atoms with Gasteiger partial charge in [-0.3, -0.25) is 4.79 Å². The predicted octanol–water partition coefficient (Wildman–Crippen LogP) is 9.54. The Morgan fingerprint density at radius 1 is 0.731 bits per heavy atom. The number of benzene rings is 4. The highest BCUT2D eigenvalue weighted by Gasteiger charge is 2.39. The van der Waals surface area contributed by atoms with Crippen molar-refractivity contribution < 1.29 is 40.6 Å². The normalized spacial score (nSPS) is 12.0. The molecule has 0 aliphatic rings. The van der Waals surface area contributed by atoms with Crippen molar-refractivity contribution in [3.63, 3.8) is 0 Å². The van der Waals surface area contributed by atoms with E-state index in [2.05, 4.69) is 0 Å². The summed E-state index contributed by atoms with van der Waals surface area (Å²) >= 11 is 0. The summed E-state index contributed by atoms with van der Waals surface area (Å²) in [5.41, 5.74) is 7.16.